The number of hydrogen-bond donors (Lipinski definition) is 1. The van der Waals surface area contributed by atoms with Gasteiger partial charge in [-0.1, -0.05) is 6.92 Å². The van der Waals surface area contributed by atoms with Crippen molar-refractivity contribution >= 4 is 28.5 Å². The number of halogens is 1. The van der Waals surface area contributed by atoms with Gasteiger partial charge in [-0.05, 0) is 39.5 Å². The molecule has 0 aromatic rings. The summed E-state index contributed by atoms with van der Waals surface area (Å²) >= 11 is 2.11. The fourth-order valence-electron chi connectivity index (χ4n) is 0.480. The molecule has 0 aromatic carbocycles. The number of carbonyl (C=O) groups is 1. The quantitative estimate of drug-likeness (QED) is 0.603. The molecule has 0 unspecified atom stereocenters. The largest absolute Gasteiger partial charge is 0.353 e. The molecule has 10 heavy (non-hydrogen) atoms. The van der Waals surface area contributed by atoms with Gasteiger partial charge in [0.1, 0.15) is 0 Å². The lowest BCUT2D eigenvalue weighted by atomic mass is 10.4. The van der Waals surface area contributed by atoms with E-state index < -0.39 is 0 Å². The van der Waals surface area contributed by atoms with Gasteiger partial charge in [0.05, 0.1) is 0 Å². The maximum Gasteiger partial charge on any atom is 0.244 e. The Balaban J connectivity index is 3.54. The Labute approximate surface area is 75.2 Å². The topological polar surface area (TPSA) is 29.1 Å². The molecule has 0 bridgehead atoms. The van der Waals surface area contributed by atoms with Crippen LogP contribution in [-0.2, 0) is 4.79 Å². The van der Waals surface area contributed by atoms with Crippen LogP contribution < -0.4 is 5.32 Å². The van der Waals surface area contributed by atoms with Crippen molar-refractivity contribution in [3.63, 3.8) is 0 Å². The molecule has 58 valence electrons. The minimum Gasteiger partial charge on any atom is -0.353 e. The molecule has 0 spiro atoms. The highest BCUT2D eigenvalue weighted by atomic mass is 127. The van der Waals surface area contributed by atoms with E-state index in [2.05, 4.69) is 27.9 Å². The Bertz CT molecular complexity index is 139. The van der Waals surface area contributed by atoms with Crippen molar-refractivity contribution in [1.82, 2.24) is 5.32 Å². The molecule has 3 heteroatoms. The molecule has 0 aromatic heterocycles. The predicted octanol–water partition coefficient (Wildman–Crippen LogP) is 1.85. The van der Waals surface area contributed by atoms with Crippen molar-refractivity contribution < 1.29 is 4.79 Å². The van der Waals surface area contributed by atoms with Gasteiger partial charge >= 0.3 is 0 Å². The lowest BCUT2D eigenvalue weighted by molar-refractivity contribution is -0.116. The summed E-state index contributed by atoms with van der Waals surface area (Å²) in [5.74, 6) is 0.00810. The third-order valence-corrected chi connectivity index (χ3v) is 1.19. The third-order valence-electron chi connectivity index (χ3n) is 0.879. The molecule has 0 fully saturated rings. The van der Waals surface area contributed by atoms with E-state index in [1.807, 2.05) is 13.8 Å². The van der Waals surface area contributed by atoms with E-state index in [0.29, 0.717) is 0 Å². The lowest BCUT2D eigenvalue weighted by Crippen LogP contribution is -2.21. The Kier molecular flexibility index (Phi) is 5.67. The van der Waals surface area contributed by atoms with Gasteiger partial charge in [-0.25, -0.2) is 0 Å². The van der Waals surface area contributed by atoms with E-state index in [0.717, 1.165) is 16.5 Å². The van der Waals surface area contributed by atoms with Crippen LogP contribution in [0.1, 0.15) is 20.3 Å². The first-order valence-electron chi connectivity index (χ1n) is 3.28. The van der Waals surface area contributed by atoms with Crippen LogP contribution in [0.4, 0.5) is 0 Å². The summed E-state index contributed by atoms with van der Waals surface area (Å²) in [6, 6.07) is 0. The molecule has 2 nitrogen and oxygen atoms in total. The normalized spacial score (nSPS) is 11.3. The van der Waals surface area contributed by atoms with Gasteiger partial charge in [-0.15, -0.1) is 0 Å². The Morgan fingerprint density at radius 1 is 1.70 bits per heavy atom. The molecule has 0 aliphatic heterocycles. The van der Waals surface area contributed by atoms with E-state index in [1.165, 1.54) is 0 Å². The molecule has 0 saturated carbocycles. The monoisotopic (exact) mass is 253 g/mol. The Hall–Kier alpha value is -0.0600. The van der Waals surface area contributed by atoms with Crippen molar-refractivity contribution in [3.05, 3.63) is 9.66 Å². The van der Waals surface area contributed by atoms with Crippen LogP contribution in [-0.4, -0.2) is 12.5 Å². The zero-order chi connectivity index (χ0) is 7.98. The van der Waals surface area contributed by atoms with Gasteiger partial charge < -0.3 is 5.32 Å². The fourth-order valence-corrected chi connectivity index (χ4v) is 0.763. The molecule has 0 rings (SSSR count). The average molecular weight is 253 g/mol. The summed E-state index contributed by atoms with van der Waals surface area (Å²) < 4.78 is 1.01. The molecule has 0 atom stereocenters. The highest BCUT2D eigenvalue weighted by Crippen LogP contribution is 2.01. The Morgan fingerprint density at radius 2 is 2.30 bits per heavy atom. The SMILES string of the molecule is CCCNC(=O)/C=C(/C)I. The van der Waals surface area contributed by atoms with Crippen molar-refractivity contribution in [3.8, 4) is 0 Å². The summed E-state index contributed by atoms with van der Waals surface area (Å²) in [6.45, 7) is 4.69. The summed E-state index contributed by atoms with van der Waals surface area (Å²) in [5, 5.41) is 2.74. The molecular weight excluding hydrogens is 241 g/mol. The maximum absolute atomic E-state index is 10.8. The first-order valence-corrected chi connectivity index (χ1v) is 4.36. The van der Waals surface area contributed by atoms with Gasteiger partial charge in [0.25, 0.3) is 0 Å². The highest BCUT2D eigenvalue weighted by Gasteiger charge is 1.92. The number of allylic oxidation sites excluding steroid dienone is 1. The number of hydrogen-bond acceptors (Lipinski definition) is 1. The standard InChI is InChI=1S/C7H12INO/c1-3-4-9-7(10)5-6(2)8/h5H,3-4H2,1-2H3,(H,9,10)/b6-5-. The first-order chi connectivity index (χ1) is 4.66. The van der Waals surface area contributed by atoms with Crippen molar-refractivity contribution in [2.75, 3.05) is 6.54 Å². The number of nitrogens with one attached hydrogen (secondary N) is 1. The van der Waals surface area contributed by atoms with Crippen LogP contribution in [0.15, 0.2) is 9.66 Å². The second-order valence-corrected chi connectivity index (χ2v) is 3.72. The highest BCUT2D eigenvalue weighted by molar-refractivity contribution is 14.1. The van der Waals surface area contributed by atoms with Crippen LogP contribution in [0.5, 0.6) is 0 Å². The molecule has 0 heterocycles. The van der Waals surface area contributed by atoms with E-state index >= 15 is 0 Å². The van der Waals surface area contributed by atoms with E-state index in [-0.39, 0.29) is 5.91 Å². The zero-order valence-corrected chi connectivity index (χ0v) is 8.44. The second-order valence-electron chi connectivity index (χ2n) is 2.02. The molecular formula is C7H12INO. The van der Waals surface area contributed by atoms with E-state index in [1.54, 1.807) is 6.08 Å². The molecule has 0 saturated heterocycles. The minimum atomic E-state index is 0.00810. The van der Waals surface area contributed by atoms with Crippen LogP contribution in [0.3, 0.4) is 0 Å². The maximum atomic E-state index is 10.8. The summed E-state index contributed by atoms with van der Waals surface area (Å²) in [4.78, 5) is 10.8. The van der Waals surface area contributed by atoms with Crippen molar-refractivity contribution in [2.24, 2.45) is 0 Å². The molecule has 1 amide bonds. The second kappa shape index (κ2) is 5.70. The smallest absolute Gasteiger partial charge is 0.244 e. The summed E-state index contributed by atoms with van der Waals surface area (Å²) in [7, 11) is 0. The predicted molar refractivity (Wildman–Crippen MR) is 51.1 cm³/mol. The lowest BCUT2D eigenvalue weighted by Gasteiger charge is -1.96. The van der Waals surface area contributed by atoms with Gasteiger partial charge in [0, 0.05) is 12.6 Å². The first kappa shape index (κ1) is 9.94. The number of rotatable bonds is 3. The van der Waals surface area contributed by atoms with Crippen LogP contribution in [0.25, 0.3) is 0 Å². The average Bonchev–Trinajstić information content (AvgIpc) is 1.82. The molecule has 1 N–H and O–H groups in total. The van der Waals surface area contributed by atoms with Gasteiger partial charge in [0.15, 0.2) is 0 Å². The van der Waals surface area contributed by atoms with Crippen molar-refractivity contribution in [2.45, 2.75) is 20.3 Å². The summed E-state index contributed by atoms with van der Waals surface area (Å²) in [6.07, 6.45) is 2.58. The Morgan fingerprint density at radius 3 is 2.70 bits per heavy atom. The van der Waals surface area contributed by atoms with E-state index in [4.69, 9.17) is 0 Å². The van der Waals surface area contributed by atoms with Crippen LogP contribution in [0.2, 0.25) is 0 Å². The van der Waals surface area contributed by atoms with Crippen molar-refractivity contribution in [1.29, 1.82) is 0 Å². The van der Waals surface area contributed by atoms with E-state index in [9.17, 15) is 4.79 Å². The molecule has 0 aliphatic rings. The summed E-state index contributed by atoms with van der Waals surface area (Å²) in [5.41, 5.74) is 0. The van der Waals surface area contributed by atoms with Gasteiger partial charge in [-0.3, -0.25) is 4.79 Å². The molecule has 0 aliphatic carbocycles. The number of amides is 1. The zero-order valence-electron chi connectivity index (χ0n) is 6.28. The van der Waals surface area contributed by atoms with Gasteiger partial charge in [-0.2, -0.15) is 0 Å². The fraction of sp³-hybridized carbons (Fsp3) is 0.571. The van der Waals surface area contributed by atoms with Crippen LogP contribution in [0, 0.1) is 0 Å². The van der Waals surface area contributed by atoms with Gasteiger partial charge in [0.2, 0.25) is 5.91 Å². The van der Waals surface area contributed by atoms with Crippen LogP contribution >= 0.6 is 22.6 Å². The third kappa shape index (κ3) is 6.07. The number of carbonyl (C=O) groups excluding carboxylic acids is 1. The minimum absolute atomic E-state index is 0.00810. The molecule has 0 radical (unpaired) electrons.